The van der Waals surface area contributed by atoms with Crippen LogP contribution in [0.25, 0.3) is 0 Å². The minimum atomic E-state index is -0.805. The molecule has 1 aliphatic rings. The summed E-state index contributed by atoms with van der Waals surface area (Å²) in [6, 6.07) is 0. The van der Waals surface area contributed by atoms with E-state index in [9.17, 15) is 9.90 Å². The van der Waals surface area contributed by atoms with Gasteiger partial charge in [-0.3, -0.25) is 9.69 Å². The lowest BCUT2D eigenvalue weighted by molar-refractivity contribution is -0.137. The third-order valence-corrected chi connectivity index (χ3v) is 5.48. The summed E-state index contributed by atoms with van der Waals surface area (Å²) >= 11 is 0. The van der Waals surface area contributed by atoms with Crippen LogP contribution in [0.2, 0.25) is 0 Å². The maximum atomic E-state index is 11.3. The molecule has 2 rings (SSSR count). The van der Waals surface area contributed by atoms with Crippen LogP contribution >= 0.6 is 0 Å². The van der Waals surface area contributed by atoms with Gasteiger partial charge in [0.2, 0.25) is 5.89 Å². The molecular weight excluding hydrogens is 344 g/mol. The van der Waals surface area contributed by atoms with Gasteiger partial charge in [0.05, 0.1) is 13.0 Å². The fraction of sp³-hybridized carbons (Fsp3) is 0.850. The van der Waals surface area contributed by atoms with E-state index < -0.39 is 5.97 Å². The van der Waals surface area contributed by atoms with E-state index in [0.717, 1.165) is 31.8 Å². The molecule has 0 bridgehead atoms. The van der Waals surface area contributed by atoms with E-state index in [1.54, 1.807) is 0 Å². The van der Waals surface area contributed by atoms with E-state index in [-0.39, 0.29) is 12.3 Å². The summed E-state index contributed by atoms with van der Waals surface area (Å²) in [5.74, 6) is 0.943. The second kappa shape index (κ2) is 11.4. The summed E-state index contributed by atoms with van der Waals surface area (Å²) in [6.45, 7) is 2.49. The second-order valence-corrected chi connectivity index (χ2v) is 8.32. The zero-order valence-electron chi connectivity index (χ0n) is 17.2. The molecule has 1 saturated carbocycles. The van der Waals surface area contributed by atoms with Crippen molar-refractivity contribution in [1.82, 2.24) is 19.9 Å². The van der Waals surface area contributed by atoms with Gasteiger partial charge < -0.3 is 14.5 Å². The summed E-state index contributed by atoms with van der Waals surface area (Å²) in [7, 11) is 6.12. The Morgan fingerprint density at radius 2 is 1.96 bits per heavy atom. The van der Waals surface area contributed by atoms with Crippen molar-refractivity contribution in [2.75, 3.05) is 34.2 Å². The molecule has 0 radical (unpaired) electrons. The molecule has 1 heterocycles. The third kappa shape index (κ3) is 8.39. The van der Waals surface area contributed by atoms with Gasteiger partial charge in [-0.2, -0.15) is 4.98 Å². The molecule has 1 fully saturated rings. The van der Waals surface area contributed by atoms with Crippen LogP contribution < -0.4 is 0 Å². The normalized spacial score (nSPS) is 16.9. The molecular formula is C20H36N4O3. The number of hydrogen-bond acceptors (Lipinski definition) is 6. The highest BCUT2D eigenvalue weighted by Crippen LogP contribution is 2.31. The number of carboxylic acids is 1. The maximum absolute atomic E-state index is 11.3. The SMILES string of the molecule is CN(C)CCN(C)Cc1noc(C(CCCC2CCCCC2)CC(=O)O)n1. The highest BCUT2D eigenvalue weighted by molar-refractivity contribution is 5.67. The van der Waals surface area contributed by atoms with Gasteiger partial charge in [-0.25, -0.2) is 0 Å². The smallest absolute Gasteiger partial charge is 0.304 e. The standard InChI is InChI=1S/C20H36N4O3/c1-23(2)12-13-24(3)15-18-21-20(27-22-18)17(14-19(25)26)11-7-10-16-8-5-4-6-9-16/h16-17H,4-15H2,1-3H3,(H,25,26). The summed E-state index contributed by atoms with van der Waals surface area (Å²) in [4.78, 5) is 20.1. The summed E-state index contributed by atoms with van der Waals surface area (Å²) in [6.07, 6.45) is 9.79. The van der Waals surface area contributed by atoms with Crippen LogP contribution in [0.15, 0.2) is 4.52 Å². The van der Waals surface area contributed by atoms with Gasteiger partial charge in [0, 0.05) is 19.0 Å². The predicted molar refractivity (Wildman–Crippen MR) is 105 cm³/mol. The van der Waals surface area contributed by atoms with Gasteiger partial charge in [-0.05, 0) is 33.5 Å². The van der Waals surface area contributed by atoms with Crippen LogP contribution in [-0.4, -0.2) is 65.2 Å². The Balaban J connectivity index is 1.85. The van der Waals surface area contributed by atoms with Gasteiger partial charge in [0.25, 0.3) is 0 Å². The van der Waals surface area contributed by atoms with Gasteiger partial charge >= 0.3 is 5.97 Å². The Hall–Kier alpha value is -1.47. The first kappa shape index (κ1) is 21.8. The molecule has 1 atom stereocenters. The van der Waals surface area contributed by atoms with E-state index in [2.05, 4.69) is 19.9 Å². The highest BCUT2D eigenvalue weighted by atomic mass is 16.5. The fourth-order valence-electron chi connectivity index (χ4n) is 3.84. The number of aliphatic carboxylic acids is 1. The van der Waals surface area contributed by atoms with Gasteiger partial charge in [-0.15, -0.1) is 0 Å². The van der Waals surface area contributed by atoms with Crippen molar-refractivity contribution in [2.45, 2.75) is 70.3 Å². The lowest BCUT2D eigenvalue weighted by Gasteiger charge is -2.21. The molecule has 7 nitrogen and oxygen atoms in total. The van der Waals surface area contributed by atoms with Crippen LogP contribution in [0.4, 0.5) is 0 Å². The summed E-state index contributed by atoms with van der Waals surface area (Å²) in [5.41, 5.74) is 0. The quantitative estimate of drug-likeness (QED) is 0.595. The van der Waals surface area contributed by atoms with Crippen LogP contribution in [0.5, 0.6) is 0 Å². The van der Waals surface area contributed by atoms with E-state index >= 15 is 0 Å². The lowest BCUT2D eigenvalue weighted by Crippen LogP contribution is -2.28. The number of nitrogens with zero attached hydrogens (tertiary/aromatic N) is 4. The largest absolute Gasteiger partial charge is 0.481 e. The molecule has 0 saturated heterocycles. The van der Waals surface area contributed by atoms with Crippen molar-refractivity contribution < 1.29 is 14.4 Å². The van der Waals surface area contributed by atoms with Crippen molar-refractivity contribution in [3.63, 3.8) is 0 Å². The monoisotopic (exact) mass is 380 g/mol. The predicted octanol–water partition coefficient (Wildman–Crippen LogP) is 3.37. The number of carboxylic acid groups (broad SMARTS) is 1. The molecule has 154 valence electrons. The van der Waals surface area contributed by atoms with Gasteiger partial charge in [0.1, 0.15) is 0 Å². The van der Waals surface area contributed by atoms with Crippen molar-refractivity contribution in [2.24, 2.45) is 5.92 Å². The van der Waals surface area contributed by atoms with Gasteiger partial charge in [-0.1, -0.05) is 50.1 Å². The molecule has 1 aliphatic carbocycles. The summed E-state index contributed by atoms with van der Waals surface area (Å²) in [5, 5.41) is 13.3. The fourth-order valence-corrected chi connectivity index (χ4v) is 3.84. The van der Waals surface area contributed by atoms with Crippen LogP contribution in [-0.2, 0) is 11.3 Å². The molecule has 0 amide bonds. The minimum absolute atomic E-state index is 0.0583. The molecule has 0 spiro atoms. The first-order valence-corrected chi connectivity index (χ1v) is 10.3. The topological polar surface area (TPSA) is 82.7 Å². The minimum Gasteiger partial charge on any atom is -0.481 e. The molecule has 1 aromatic heterocycles. The van der Waals surface area contributed by atoms with Crippen LogP contribution in [0, 0.1) is 5.92 Å². The average molecular weight is 381 g/mol. The zero-order valence-corrected chi connectivity index (χ0v) is 17.2. The van der Waals surface area contributed by atoms with Crippen LogP contribution in [0.3, 0.4) is 0 Å². The average Bonchev–Trinajstić information content (AvgIpc) is 3.08. The zero-order chi connectivity index (χ0) is 19.6. The Labute approximate surface area is 163 Å². The van der Waals surface area contributed by atoms with Crippen molar-refractivity contribution in [3.05, 3.63) is 11.7 Å². The van der Waals surface area contributed by atoms with E-state index in [4.69, 9.17) is 4.52 Å². The van der Waals surface area contributed by atoms with Crippen molar-refractivity contribution in [1.29, 1.82) is 0 Å². The third-order valence-electron chi connectivity index (χ3n) is 5.48. The highest BCUT2D eigenvalue weighted by Gasteiger charge is 2.23. The van der Waals surface area contributed by atoms with Crippen molar-refractivity contribution in [3.8, 4) is 0 Å². The van der Waals surface area contributed by atoms with Crippen LogP contribution in [0.1, 0.15) is 75.4 Å². The molecule has 1 N–H and O–H groups in total. The summed E-state index contributed by atoms with van der Waals surface area (Å²) < 4.78 is 5.44. The number of aromatic nitrogens is 2. The molecule has 1 aromatic rings. The van der Waals surface area contributed by atoms with Crippen molar-refractivity contribution >= 4 is 5.97 Å². The number of hydrogen-bond donors (Lipinski definition) is 1. The number of carbonyl (C=O) groups is 1. The van der Waals surface area contributed by atoms with E-state index in [1.807, 2.05) is 21.1 Å². The Morgan fingerprint density at radius 3 is 2.63 bits per heavy atom. The molecule has 27 heavy (non-hydrogen) atoms. The second-order valence-electron chi connectivity index (χ2n) is 8.32. The number of rotatable bonds is 12. The number of likely N-dealkylation sites (N-methyl/N-ethyl adjacent to an activating group) is 2. The molecule has 1 unspecified atom stereocenters. The first-order valence-electron chi connectivity index (χ1n) is 10.3. The lowest BCUT2D eigenvalue weighted by atomic mass is 9.84. The first-order chi connectivity index (χ1) is 12.9. The molecule has 0 aliphatic heterocycles. The van der Waals surface area contributed by atoms with Gasteiger partial charge in [0.15, 0.2) is 5.82 Å². The van der Waals surface area contributed by atoms with E-state index in [0.29, 0.717) is 18.3 Å². The Bertz CT molecular complexity index is 555. The molecule has 7 heteroatoms. The Morgan fingerprint density at radius 1 is 1.22 bits per heavy atom. The molecule has 0 aromatic carbocycles. The maximum Gasteiger partial charge on any atom is 0.304 e. The Kier molecular flexibility index (Phi) is 9.21. The van der Waals surface area contributed by atoms with E-state index in [1.165, 1.54) is 38.5 Å².